The van der Waals surface area contributed by atoms with Gasteiger partial charge in [-0.3, -0.25) is 0 Å². The van der Waals surface area contributed by atoms with Crippen LogP contribution in [0.15, 0.2) is 0 Å². The van der Waals surface area contributed by atoms with Crippen LogP contribution in [0.4, 0.5) is 0 Å². The Morgan fingerprint density at radius 3 is 1.67 bits per heavy atom. The van der Waals surface area contributed by atoms with Crippen molar-refractivity contribution < 1.29 is 0 Å². The zero-order chi connectivity index (χ0) is 16.3. The molecule has 0 amide bonds. The van der Waals surface area contributed by atoms with E-state index >= 15 is 0 Å². The minimum Gasteiger partial charge on any atom is -0.0654 e. The van der Waals surface area contributed by atoms with Gasteiger partial charge in [0, 0.05) is 0 Å². The lowest BCUT2D eigenvalue weighted by Gasteiger charge is -2.32. The van der Waals surface area contributed by atoms with Crippen molar-refractivity contribution in [3.05, 3.63) is 0 Å². The summed E-state index contributed by atoms with van der Waals surface area (Å²) in [4.78, 5) is 0. The van der Waals surface area contributed by atoms with Crippen LogP contribution in [0.25, 0.3) is 0 Å². The van der Waals surface area contributed by atoms with Crippen molar-refractivity contribution in [2.75, 3.05) is 0 Å². The van der Waals surface area contributed by atoms with E-state index in [-0.39, 0.29) is 0 Å². The Kier molecular flexibility index (Phi) is 12.5. The van der Waals surface area contributed by atoms with Gasteiger partial charge in [0.25, 0.3) is 0 Å². The standard InChI is InChI=1S/C21H44/c1-8-10-13-18(5)14-12-15-19(6)21(16-11-9-2)20(7)17(3)4/h17-21H,8-16H2,1-7H3. The van der Waals surface area contributed by atoms with Crippen LogP contribution in [0.1, 0.15) is 106 Å². The third-order valence-electron chi connectivity index (χ3n) is 5.76. The van der Waals surface area contributed by atoms with Crippen LogP contribution in [0.5, 0.6) is 0 Å². The molecule has 0 aliphatic rings. The zero-order valence-electron chi connectivity index (χ0n) is 16.3. The number of unbranched alkanes of at least 4 members (excludes halogenated alkanes) is 2. The molecule has 0 heteroatoms. The molecule has 0 rings (SSSR count). The first-order valence-electron chi connectivity index (χ1n) is 9.93. The van der Waals surface area contributed by atoms with Crippen molar-refractivity contribution >= 4 is 0 Å². The Morgan fingerprint density at radius 1 is 0.619 bits per heavy atom. The fourth-order valence-electron chi connectivity index (χ4n) is 3.70. The average molecular weight is 297 g/mol. The number of hydrogen-bond donors (Lipinski definition) is 0. The minimum atomic E-state index is 0.831. The van der Waals surface area contributed by atoms with Crippen LogP contribution in [0.2, 0.25) is 0 Å². The van der Waals surface area contributed by atoms with Crippen molar-refractivity contribution in [1.29, 1.82) is 0 Å². The van der Waals surface area contributed by atoms with Gasteiger partial charge in [-0.15, -0.1) is 0 Å². The molecule has 0 N–H and O–H groups in total. The van der Waals surface area contributed by atoms with Gasteiger partial charge in [-0.05, 0) is 36.0 Å². The van der Waals surface area contributed by atoms with Gasteiger partial charge in [0.1, 0.15) is 0 Å². The highest BCUT2D eigenvalue weighted by atomic mass is 14.3. The Bertz CT molecular complexity index is 218. The Labute approximate surface area is 136 Å². The average Bonchev–Trinajstić information content (AvgIpc) is 2.45. The number of hydrogen-bond acceptors (Lipinski definition) is 0. The Morgan fingerprint density at radius 2 is 1.14 bits per heavy atom. The van der Waals surface area contributed by atoms with Crippen LogP contribution >= 0.6 is 0 Å². The Balaban J connectivity index is 4.18. The topological polar surface area (TPSA) is 0 Å². The molecule has 0 spiro atoms. The van der Waals surface area contributed by atoms with Gasteiger partial charge < -0.3 is 0 Å². The summed E-state index contributed by atoms with van der Waals surface area (Å²) < 4.78 is 0. The molecule has 128 valence electrons. The molecule has 4 unspecified atom stereocenters. The first-order valence-corrected chi connectivity index (χ1v) is 9.93. The van der Waals surface area contributed by atoms with E-state index in [4.69, 9.17) is 0 Å². The zero-order valence-corrected chi connectivity index (χ0v) is 16.3. The molecule has 0 bridgehead atoms. The van der Waals surface area contributed by atoms with Gasteiger partial charge in [0.15, 0.2) is 0 Å². The predicted octanol–water partition coefficient (Wildman–Crippen LogP) is 7.72. The summed E-state index contributed by atoms with van der Waals surface area (Å²) >= 11 is 0. The second-order valence-corrected chi connectivity index (χ2v) is 8.06. The van der Waals surface area contributed by atoms with E-state index in [1.165, 1.54) is 57.8 Å². The van der Waals surface area contributed by atoms with Crippen molar-refractivity contribution in [3.63, 3.8) is 0 Å². The van der Waals surface area contributed by atoms with E-state index in [0.717, 1.165) is 29.6 Å². The van der Waals surface area contributed by atoms with Gasteiger partial charge in [0.2, 0.25) is 0 Å². The molecule has 0 aromatic carbocycles. The first kappa shape index (κ1) is 21.0. The fourth-order valence-corrected chi connectivity index (χ4v) is 3.70. The van der Waals surface area contributed by atoms with Crippen molar-refractivity contribution in [2.24, 2.45) is 29.6 Å². The molecular weight excluding hydrogens is 252 g/mol. The lowest BCUT2D eigenvalue weighted by molar-refractivity contribution is 0.175. The highest BCUT2D eigenvalue weighted by Gasteiger charge is 2.25. The smallest absolute Gasteiger partial charge is 0.0360 e. The lowest BCUT2D eigenvalue weighted by Crippen LogP contribution is -2.24. The van der Waals surface area contributed by atoms with Crippen LogP contribution in [-0.2, 0) is 0 Å². The highest BCUT2D eigenvalue weighted by Crippen LogP contribution is 2.34. The molecule has 0 aliphatic carbocycles. The summed E-state index contributed by atoms with van der Waals surface area (Å²) in [6.45, 7) is 16.9. The molecule has 0 saturated heterocycles. The van der Waals surface area contributed by atoms with Gasteiger partial charge in [-0.25, -0.2) is 0 Å². The maximum atomic E-state index is 2.52. The number of rotatable bonds is 13. The van der Waals surface area contributed by atoms with E-state index < -0.39 is 0 Å². The molecule has 0 aliphatic heterocycles. The largest absolute Gasteiger partial charge is 0.0654 e. The molecule has 4 atom stereocenters. The lowest BCUT2D eigenvalue weighted by atomic mass is 9.73. The molecule has 0 aromatic rings. The molecule has 0 fully saturated rings. The maximum Gasteiger partial charge on any atom is -0.0360 e. The van der Waals surface area contributed by atoms with Crippen LogP contribution in [0.3, 0.4) is 0 Å². The molecular formula is C21H44. The second-order valence-electron chi connectivity index (χ2n) is 8.06. The highest BCUT2D eigenvalue weighted by molar-refractivity contribution is 4.75. The third kappa shape index (κ3) is 9.59. The maximum absolute atomic E-state index is 2.52. The quantitative estimate of drug-likeness (QED) is 0.326. The van der Waals surface area contributed by atoms with E-state index in [9.17, 15) is 0 Å². The molecule has 0 saturated carbocycles. The monoisotopic (exact) mass is 296 g/mol. The van der Waals surface area contributed by atoms with Gasteiger partial charge >= 0.3 is 0 Å². The van der Waals surface area contributed by atoms with Gasteiger partial charge in [-0.1, -0.05) is 99.8 Å². The molecule has 0 aromatic heterocycles. The minimum absolute atomic E-state index is 0.831. The summed E-state index contributed by atoms with van der Waals surface area (Å²) in [5.41, 5.74) is 0. The summed E-state index contributed by atoms with van der Waals surface area (Å²) in [7, 11) is 0. The van der Waals surface area contributed by atoms with E-state index in [1.54, 1.807) is 0 Å². The van der Waals surface area contributed by atoms with Crippen LogP contribution in [0, 0.1) is 29.6 Å². The normalized spacial score (nSPS) is 17.7. The summed E-state index contributed by atoms with van der Waals surface area (Å²) in [6.07, 6.45) is 12.8. The van der Waals surface area contributed by atoms with E-state index in [1.807, 2.05) is 0 Å². The fraction of sp³-hybridized carbons (Fsp3) is 1.00. The van der Waals surface area contributed by atoms with Gasteiger partial charge in [0.05, 0.1) is 0 Å². The molecule has 0 heterocycles. The summed E-state index contributed by atoms with van der Waals surface area (Å²) in [5.74, 6) is 4.50. The van der Waals surface area contributed by atoms with E-state index in [0.29, 0.717) is 0 Å². The Hall–Kier alpha value is 0. The summed E-state index contributed by atoms with van der Waals surface area (Å²) in [6, 6.07) is 0. The third-order valence-corrected chi connectivity index (χ3v) is 5.76. The second kappa shape index (κ2) is 12.5. The van der Waals surface area contributed by atoms with Gasteiger partial charge in [-0.2, -0.15) is 0 Å². The first-order chi connectivity index (χ1) is 9.93. The molecule has 0 radical (unpaired) electrons. The van der Waals surface area contributed by atoms with Crippen molar-refractivity contribution in [1.82, 2.24) is 0 Å². The van der Waals surface area contributed by atoms with Crippen molar-refractivity contribution in [3.8, 4) is 0 Å². The van der Waals surface area contributed by atoms with E-state index in [2.05, 4.69) is 48.5 Å². The van der Waals surface area contributed by atoms with Crippen LogP contribution < -0.4 is 0 Å². The SMILES string of the molecule is CCCCC(C)CCCC(C)C(CCCC)C(C)C(C)C. The summed E-state index contributed by atoms with van der Waals surface area (Å²) in [5, 5.41) is 0. The van der Waals surface area contributed by atoms with Crippen LogP contribution in [-0.4, -0.2) is 0 Å². The van der Waals surface area contributed by atoms with Crippen molar-refractivity contribution in [2.45, 2.75) is 106 Å². The molecule has 0 nitrogen and oxygen atoms in total. The molecule has 21 heavy (non-hydrogen) atoms. The predicted molar refractivity (Wildman–Crippen MR) is 98.7 cm³/mol.